The van der Waals surface area contributed by atoms with Crippen molar-refractivity contribution in [3.05, 3.63) is 108 Å². The lowest BCUT2D eigenvalue weighted by atomic mass is 9.70. The number of hydrogen-bond donors (Lipinski definition) is 2. The van der Waals surface area contributed by atoms with E-state index < -0.39 is 29.6 Å². The van der Waals surface area contributed by atoms with Crippen LogP contribution in [0.3, 0.4) is 0 Å². The van der Waals surface area contributed by atoms with Gasteiger partial charge in [0.1, 0.15) is 6.61 Å². The molecule has 0 saturated carbocycles. The fraction of sp³-hybridized carbons (Fsp3) is 0.276. The Labute approximate surface area is 210 Å². The van der Waals surface area contributed by atoms with Crippen LogP contribution in [-0.2, 0) is 33.8 Å². The van der Waals surface area contributed by atoms with Gasteiger partial charge in [-0.25, -0.2) is 9.59 Å². The molecule has 7 nitrogen and oxygen atoms in total. The molecule has 186 valence electrons. The highest BCUT2D eigenvalue weighted by Gasteiger charge is 2.63. The monoisotopic (exact) mass is 486 g/mol. The van der Waals surface area contributed by atoms with Gasteiger partial charge in [-0.2, -0.15) is 0 Å². The molecule has 0 aliphatic carbocycles. The summed E-state index contributed by atoms with van der Waals surface area (Å²) in [6.45, 7) is 1.82. The number of likely N-dealkylation sites (tertiary alicyclic amines) is 1. The van der Waals surface area contributed by atoms with E-state index in [0.29, 0.717) is 6.42 Å². The Morgan fingerprint density at radius 2 is 1.44 bits per heavy atom. The minimum absolute atomic E-state index is 0.0532. The number of amides is 2. The number of hydrogen-bond acceptors (Lipinski definition) is 4. The van der Waals surface area contributed by atoms with Crippen LogP contribution in [0.5, 0.6) is 0 Å². The average molecular weight is 487 g/mol. The number of benzene rings is 3. The van der Waals surface area contributed by atoms with Crippen LogP contribution >= 0.6 is 0 Å². The SMILES string of the molecule is C[C@@H]1C(=O)N(C[C@H](Cc2ccccc2)NC(=O)OCc2ccccc2)[C@]1(Cc1ccccc1)C(=O)O. The number of carboxylic acid groups (broad SMARTS) is 1. The van der Waals surface area contributed by atoms with Crippen molar-refractivity contribution in [2.75, 3.05) is 6.54 Å². The van der Waals surface area contributed by atoms with E-state index in [1.165, 1.54) is 4.90 Å². The Morgan fingerprint density at radius 1 is 0.917 bits per heavy atom. The van der Waals surface area contributed by atoms with Crippen LogP contribution in [0.15, 0.2) is 91.0 Å². The number of carbonyl (C=O) groups is 3. The second-order valence-electron chi connectivity index (χ2n) is 9.16. The Bertz CT molecular complexity index is 1190. The molecule has 1 aliphatic heterocycles. The molecule has 0 spiro atoms. The van der Waals surface area contributed by atoms with Crippen LogP contribution in [0.4, 0.5) is 4.79 Å². The smallest absolute Gasteiger partial charge is 0.407 e. The first-order valence-corrected chi connectivity index (χ1v) is 12.0. The van der Waals surface area contributed by atoms with Crippen molar-refractivity contribution in [1.82, 2.24) is 10.2 Å². The van der Waals surface area contributed by atoms with Crippen molar-refractivity contribution < 1.29 is 24.2 Å². The van der Waals surface area contributed by atoms with Crippen LogP contribution in [0.1, 0.15) is 23.6 Å². The third-order valence-electron chi connectivity index (χ3n) is 6.78. The Balaban J connectivity index is 1.53. The molecule has 7 heteroatoms. The standard InChI is InChI=1S/C29H30N2O5/c1-21-26(32)31(29(21,27(33)34)18-23-13-7-3-8-14-23)19-25(17-22-11-5-2-6-12-22)30-28(35)36-20-24-15-9-4-10-16-24/h2-16,21,25H,17-20H2,1H3,(H,30,35)(H,33,34)/t21-,25+,29+/m1/s1. The van der Waals surface area contributed by atoms with Gasteiger partial charge < -0.3 is 20.1 Å². The summed E-state index contributed by atoms with van der Waals surface area (Å²) in [5.74, 6) is -1.98. The Kier molecular flexibility index (Phi) is 7.68. The van der Waals surface area contributed by atoms with Crippen molar-refractivity contribution in [3.63, 3.8) is 0 Å². The largest absolute Gasteiger partial charge is 0.479 e. The highest BCUT2D eigenvalue weighted by atomic mass is 16.5. The maximum Gasteiger partial charge on any atom is 0.407 e. The van der Waals surface area contributed by atoms with Crippen molar-refractivity contribution in [2.24, 2.45) is 5.92 Å². The summed E-state index contributed by atoms with van der Waals surface area (Å²) in [6, 6.07) is 27.6. The minimum Gasteiger partial charge on any atom is -0.479 e. The number of nitrogens with one attached hydrogen (secondary N) is 1. The summed E-state index contributed by atoms with van der Waals surface area (Å²) < 4.78 is 5.40. The lowest BCUT2D eigenvalue weighted by molar-refractivity contribution is -0.187. The number of nitrogens with zero attached hydrogens (tertiary/aromatic N) is 1. The van der Waals surface area contributed by atoms with Crippen molar-refractivity contribution in [2.45, 2.75) is 38.0 Å². The second-order valence-corrected chi connectivity index (χ2v) is 9.16. The highest BCUT2D eigenvalue weighted by molar-refractivity contribution is 6.00. The topological polar surface area (TPSA) is 95.9 Å². The summed E-state index contributed by atoms with van der Waals surface area (Å²) in [6.07, 6.45) is -0.0163. The zero-order valence-corrected chi connectivity index (χ0v) is 20.2. The van der Waals surface area contributed by atoms with E-state index in [1.54, 1.807) is 6.92 Å². The molecule has 0 aromatic heterocycles. The molecular weight excluding hydrogens is 456 g/mol. The number of carbonyl (C=O) groups excluding carboxylic acids is 2. The molecule has 1 heterocycles. The highest BCUT2D eigenvalue weighted by Crippen LogP contribution is 2.41. The molecule has 2 N–H and O–H groups in total. The number of alkyl carbamates (subject to hydrolysis) is 1. The van der Waals surface area contributed by atoms with E-state index in [2.05, 4.69) is 5.32 Å². The van der Waals surface area contributed by atoms with Crippen LogP contribution in [0, 0.1) is 5.92 Å². The van der Waals surface area contributed by atoms with Crippen molar-refractivity contribution >= 4 is 18.0 Å². The van der Waals surface area contributed by atoms with E-state index in [9.17, 15) is 19.5 Å². The number of β-lactam (4-membered cyclic amide) rings is 1. The van der Waals surface area contributed by atoms with Crippen LogP contribution in [0.25, 0.3) is 0 Å². The first-order chi connectivity index (χ1) is 17.4. The van der Waals surface area contributed by atoms with Gasteiger partial charge in [0.05, 0.1) is 12.0 Å². The van der Waals surface area contributed by atoms with Gasteiger partial charge in [0.15, 0.2) is 5.54 Å². The third-order valence-corrected chi connectivity index (χ3v) is 6.78. The fourth-order valence-corrected chi connectivity index (χ4v) is 4.80. The molecule has 1 saturated heterocycles. The molecule has 0 radical (unpaired) electrons. The minimum atomic E-state index is -1.39. The van der Waals surface area contributed by atoms with Gasteiger partial charge in [-0.05, 0) is 23.1 Å². The van der Waals surface area contributed by atoms with E-state index in [4.69, 9.17) is 4.74 Å². The summed E-state index contributed by atoms with van der Waals surface area (Å²) >= 11 is 0. The number of aliphatic carboxylic acids is 1. The molecular formula is C29H30N2O5. The summed E-state index contributed by atoms with van der Waals surface area (Å²) in [4.78, 5) is 39.6. The molecule has 3 aromatic rings. The zero-order chi connectivity index (χ0) is 25.5. The van der Waals surface area contributed by atoms with Gasteiger partial charge in [0.25, 0.3) is 0 Å². The lowest BCUT2D eigenvalue weighted by Crippen LogP contribution is -2.76. The number of rotatable bonds is 10. The second kappa shape index (κ2) is 11.1. The maximum atomic E-state index is 13.0. The molecule has 3 atom stereocenters. The molecule has 0 unspecified atom stereocenters. The van der Waals surface area contributed by atoms with Gasteiger partial charge in [-0.1, -0.05) is 97.9 Å². The van der Waals surface area contributed by atoms with Crippen LogP contribution in [0.2, 0.25) is 0 Å². The Hall–Kier alpha value is -4.13. The third kappa shape index (κ3) is 5.40. The molecule has 3 aromatic carbocycles. The number of carboxylic acids is 1. The first-order valence-electron chi connectivity index (χ1n) is 12.0. The van der Waals surface area contributed by atoms with Gasteiger partial charge in [0.2, 0.25) is 5.91 Å². The van der Waals surface area contributed by atoms with Gasteiger partial charge in [-0.15, -0.1) is 0 Å². The fourth-order valence-electron chi connectivity index (χ4n) is 4.80. The predicted octanol–water partition coefficient (Wildman–Crippen LogP) is 4.07. The Morgan fingerprint density at radius 3 is 2.00 bits per heavy atom. The summed E-state index contributed by atoms with van der Waals surface area (Å²) in [5, 5.41) is 13.2. The van der Waals surface area contributed by atoms with Gasteiger partial charge in [0, 0.05) is 13.0 Å². The van der Waals surface area contributed by atoms with Crippen molar-refractivity contribution in [1.29, 1.82) is 0 Å². The van der Waals surface area contributed by atoms with Crippen molar-refractivity contribution in [3.8, 4) is 0 Å². The quantitative estimate of drug-likeness (QED) is 0.421. The van der Waals surface area contributed by atoms with Crippen LogP contribution < -0.4 is 5.32 Å². The molecule has 1 fully saturated rings. The zero-order valence-electron chi connectivity index (χ0n) is 20.2. The van der Waals surface area contributed by atoms with E-state index in [-0.39, 0.29) is 25.5 Å². The van der Waals surface area contributed by atoms with Gasteiger partial charge in [-0.3, -0.25) is 4.79 Å². The lowest BCUT2D eigenvalue weighted by Gasteiger charge is -2.54. The van der Waals surface area contributed by atoms with E-state index in [1.807, 2.05) is 91.0 Å². The van der Waals surface area contributed by atoms with Crippen LogP contribution in [-0.4, -0.2) is 46.1 Å². The molecule has 2 amide bonds. The summed E-state index contributed by atoms with van der Waals surface area (Å²) in [5.41, 5.74) is 1.25. The van der Waals surface area contributed by atoms with E-state index in [0.717, 1.165) is 16.7 Å². The predicted molar refractivity (Wildman–Crippen MR) is 135 cm³/mol. The van der Waals surface area contributed by atoms with E-state index >= 15 is 0 Å². The molecule has 0 bridgehead atoms. The normalized spacial score (nSPS) is 19.8. The molecule has 36 heavy (non-hydrogen) atoms. The summed E-state index contributed by atoms with van der Waals surface area (Å²) in [7, 11) is 0. The molecule has 1 aliphatic rings. The first kappa shape index (κ1) is 25.0. The average Bonchev–Trinajstić information content (AvgIpc) is 2.90. The number of ether oxygens (including phenoxy) is 1. The van der Waals surface area contributed by atoms with Gasteiger partial charge >= 0.3 is 12.1 Å². The maximum absolute atomic E-state index is 13.0. The molecule has 4 rings (SSSR count).